The van der Waals surface area contributed by atoms with Crippen LogP contribution in [0.25, 0.3) is 0 Å². The second-order valence-corrected chi connectivity index (χ2v) is 16.6. The molecule has 0 aromatic carbocycles. The summed E-state index contributed by atoms with van der Waals surface area (Å²) in [6.07, 6.45) is 52.1. The summed E-state index contributed by atoms with van der Waals surface area (Å²) in [5.41, 5.74) is 1.17. The van der Waals surface area contributed by atoms with Crippen molar-refractivity contribution in [2.75, 3.05) is 19.0 Å². The standard InChI is InChI=1S/C44H80N2O2S2/c1-4-6-8-10-12-14-16-18-20-22-24-26-28-30-32-34-36-47-42(3)44(40-50-49-39-43-38-45-41-46-43)48-37-35-33-31-29-27-25-23-21-19-17-15-13-11-9-7-5-2/h13,15,18-21,38,41-42,44H,4-12,14,16-17,22-37,39-40H2,1-3H3,(H,45,46)/b15-13-,20-18-,21-19-/t42-,44?/m0/s1. The van der Waals surface area contributed by atoms with Crippen LogP contribution >= 0.6 is 21.6 Å². The molecule has 1 aromatic heterocycles. The predicted octanol–water partition coefficient (Wildman–Crippen LogP) is 14.9. The van der Waals surface area contributed by atoms with Crippen LogP contribution in [0.1, 0.15) is 193 Å². The predicted molar refractivity (Wildman–Crippen MR) is 226 cm³/mol. The molecule has 50 heavy (non-hydrogen) atoms. The summed E-state index contributed by atoms with van der Waals surface area (Å²) >= 11 is 0. The highest BCUT2D eigenvalue weighted by Crippen LogP contribution is 2.28. The van der Waals surface area contributed by atoms with Crippen LogP contribution in [0.5, 0.6) is 0 Å². The number of nitrogens with zero attached hydrogens (tertiary/aromatic N) is 1. The summed E-state index contributed by atoms with van der Waals surface area (Å²) in [5.74, 6) is 1.89. The Labute approximate surface area is 319 Å². The first-order chi connectivity index (χ1) is 24.8. The molecule has 290 valence electrons. The summed E-state index contributed by atoms with van der Waals surface area (Å²) in [6.45, 7) is 8.45. The Balaban J connectivity index is 2.10. The van der Waals surface area contributed by atoms with Crippen LogP contribution in [0.4, 0.5) is 0 Å². The van der Waals surface area contributed by atoms with Crippen LogP contribution in [0, 0.1) is 0 Å². The number of hydrogen-bond acceptors (Lipinski definition) is 5. The fourth-order valence-electron chi connectivity index (χ4n) is 5.95. The van der Waals surface area contributed by atoms with Gasteiger partial charge in [-0.15, -0.1) is 0 Å². The van der Waals surface area contributed by atoms with Crippen molar-refractivity contribution in [1.82, 2.24) is 9.97 Å². The lowest BCUT2D eigenvalue weighted by Crippen LogP contribution is -2.32. The minimum absolute atomic E-state index is 0.128. The number of allylic oxidation sites excluding steroid dienone is 6. The highest BCUT2D eigenvalue weighted by molar-refractivity contribution is 8.76. The van der Waals surface area contributed by atoms with Gasteiger partial charge in [0.25, 0.3) is 0 Å². The number of ether oxygens (including phenoxy) is 2. The lowest BCUT2D eigenvalue weighted by Gasteiger charge is -2.24. The van der Waals surface area contributed by atoms with E-state index in [1.165, 1.54) is 153 Å². The Hall–Kier alpha value is -0.950. The van der Waals surface area contributed by atoms with Gasteiger partial charge in [0, 0.05) is 36.6 Å². The number of imidazole rings is 1. The average Bonchev–Trinajstić information content (AvgIpc) is 3.65. The molecule has 0 amide bonds. The van der Waals surface area contributed by atoms with E-state index >= 15 is 0 Å². The van der Waals surface area contributed by atoms with Gasteiger partial charge in [-0.05, 0) is 77.6 Å². The Morgan fingerprint density at radius 1 is 0.580 bits per heavy atom. The van der Waals surface area contributed by atoms with Crippen molar-refractivity contribution in [3.63, 3.8) is 0 Å². The van der Waals surface area contributed by atoms with E-state index in [0.717, 1.165) is 44.0 Å². The molecule has 0 bridgehead atoms. The molecular formula is C44H80N2O2S2. The normalized spacial score (nSPS) is 13.4. The van der Waals surface area contributed by atoms with Gasteiger partial charge in [-0.25, -0.2) is 4.98 Å². The van der Waals surface area contributed by atoms with Gasteiger partial charge in [0.2, 0.25) is 0 Å². The van der Waals surface area contributed by atoms with E-state index in [9.17, 15) is 0 Å². The van der Waals surface area contributed by atoms with E-state index in [-0.39, 0.29) is 12.2 Å². The maximum Gasteiger partial charge on any atom is 0.0932 e. The topological polar surface area (TPSA) is 47.1 Å². The van der Waals surface area contributed by atoms with E-state index in [4.69, 9.17) is 9.47 Å². The number of aromatic nitrogens is 2. The Morgan fingerprint density at radius 3 is 1.58 bits per heavy atom. The van der Waals surface area contributed by atoms with E-state index in [0.29, 0.717) is 0 Å². The molecule has 0 fully saturated rings. The second-order valence-electron chi connectivity index (χ2n) is 14.1. The molecule has 0 aliphatic rings. The van der Waals surface area contributed by atoms with Crippen LogP contribution in [0.3, 0.4) is 0 Å². The third-order valence-corrected chi connectivity index (χ3v) is 11.6. The molecular weight excluding hydrogens is 653 g/mol. The highest BCUT2D eigenvalue weighted by Gasteiger charge is 2.19. The lowest BCUT2D eigenvalue weighted by atomic mass is 10.1. The first-order valence-corrected chi connectivity index (χ1v) is 23.7. The zero-order valence-corrected chi connectivity index (χ0v) is 34.7. The Kier molecular flexibility index (Phi) is 37.0. The summed E-state index contributed by atoms with van der Waals surface area (Å²) in [7, 11) is 3.76. The fourth-order valence-corrected chi connectivity index (χ4v) is 8.24. The lowest BCUT2D eigenvalue weighted by molar-refractivity contribution is -0.0554. The molecule has 2 atom stereocenters. The van der Waals surface area contributed by atoms with Crippen LogP contribution in [-0.2, 0) is 15.2 Å². The molecule has 1 aromatic rings. The van der Waals surface area contributed by atoms with E-state index in [1.54, 1.807) is 6.33 Å². The number of nitrogens with one attached hydrogen (secondary N) is 1. The summed E-state index contributed by atoms with van der Waals surface area (Å²) in [4.78, 5) is 7.34. The number of hydrogen-bond donors (Lipinski definition) is 1. The molecule has 0 radical (unpaired) electrons. The fraction of sp³-hybridized carbons (Fsp3) is 0.795. The Bertz CT molecular complexity index is 873. The number of H-pyrrole nitrogens is 1. The van der Waals surface area contributed by atoms with Gasteiger partial charge in [0.05, 0.1) is 18.5 Å². The second kappa shape index (κ2) is 39.3. The SMILES string of the molecule is CCCCC/C=C\C/C=C\CCCCCCCCOC(CSSCc1cnc[nH]1)[C@H](C)OCCCCCCCC/C=C\CCCCCCCC. The van der Waals surface area contributed by atoms with E-state index in [2.05, 4.69) is 67.2 Å². The zero-order chi connectivity index (χ0) is 35.8. The molecule has 0 aliphatic heterocycles. The highest BCUT2D eigenvalue weighted by atomic mass is 33.1. The van der Waals surface area contributed by atoms with Crippen molar-refractivity contribution in [3.8, 4) is 0 Å². The van der Waals surface area contributed by atoms with E-state index in [1.807, 2.05) is 27.8 Å². The molecule has 1 heterocycles. The first-order valence-electron chi connectivity index (χ1n) is 21.2. The maximum atomic E-state index is 6.44. The Morgan fingerprint density at radius 2 is 1.04 bits per heavy atom. The molecule has 0 saturated carbocycles. The quantitative estimate of drug-likeness (QED) is 0.0415. The summed E-state index contributed by atoms with van der Waals surface area (Å²) < 4.78 is 12.8. The molecule has 4 nitrogen and oxygen atoms in total. The van der Waals surface area contributed by atoms with Crippen molar-refractivity contribution >= 4 is 21.6 Å². The molecule has 0 saturated heterocycles. The summed E-state index contributed by atoms with van der Waals surface area (Å²) in [5, 5.41) is 0. The van der Waals surface area contributed by atoms with Gasteiger partial charge in [-0.3, -0.25) is 0 Å². The molecule has 1 rings (SSSR count). The minimum Gasteiger partial charge on any atom is -0.376 e. The van der Waals surface area contributed by atoms with Gasteiger partial charge in [-0.2, -0.15) is 0 Å². The van der Waals surface area contributed by atoms with Gasteiger partial charge >= 0.3 is 0 Å². The van der Waals surface area contributed by atoms with Gasteiger partial charge in [0.1, 0.15) is 0 Å². The number of aromatic amines is 1. The number of rotatable bonds is 39. The number of unbranched alkanes of at least 4 members (excludes halogenated alkanes) is 21. The van der Waals surface area contributed by atoms with Crippen molar-refractivity contribution < 1.29 is 9.47 Å². The van der Waals surface area contributed by atoms with Gasteiger partial charge in [0.15, 0.2) is 0 Å². The maximum absolute atomic E-state index is 6.44. The first kappa shape index (κ1) is 47.1. The van der Waals surface area contributed by atoms with Crippen LogP contribution in [0.15, 0.2) is 49.0 Å². The zero-order valence-electron chi connectivity index (χ0n) is 33.1. The van der Waals surface area contributed by atoms with Crippen molar-refractivity contribution in [1.29, 1.82) is 0 Å². The molecule has 0 spiro atoms. The van der Waals surface area contributed by atoms with Crippen molar-refractivity contribution in [2.24, 2.45) is 0 Å². The third kappa shape index (κ3) is 32.9. The van der Waals surface area contributed by atoms with E-state index < -0.39 is 0 Å². The molecule has 1 unspecified atom stereocenters. The van der Waals surface area contributed by atoms with Crippen LogP contribution < -0.4 is 0 Å². The van der Waals surface area contributed by atoms with Crippen LogP contribution in [-0.4, -0.2) is 41.1 Å². The monoisotopic (exact) mass is 733 g/mol. The van der Waals surface area contributed by atoms with Gasteiger partial charge < -0.3 is 14.5 Å². The molecule has 1 N–H and O–H groups in total. The van der Waals surface area contributed by atoms with Crippen molar-refractivity contribution in [2.45, 2.75) is 206 Å². The molecule has 6 heteroatoms. The van der Waals surface area contributed by atoms with Crippen molar-refractivity contribution in [3.05, 3.63) is 54.7 Å². The third-order valence-electron chi connectivity index (χ3n) is 9.32. The summed E-state index contributed by atoms with van der Waals surface area (Å²) in [6, 6.07) is 0. The minimum atomic E-state index is 0.128. The van der Waals surface area contributed by atoms with Crippen LogP contribution in [0.2, 0.25) is 0 Å². The molecule has 0 aliphatic carbocycles. The van der Waals surface area contributed by atoms with Gasteiger partial charge in [-0.1, -0.05) is 168 Å². The smallest absolute Gasteiger partial charge is 0.0932 e. The average molecular weight is 733 g/mol. The largest absolute Gasteiger partial charge is 0.376 e.